The van der Waals surface area contributed by atoms with Crippen LogP contribution < -0.4 is 30.4 Å². The molecule has 16 heteroatoms. The first-order chi connectivity index (χ1) is 32.0. The number of aromatic nitrogens is 4. The molecular weight excluding hydrogens is 841 g/mol. The van der Waals surface area contributed by atoms with E-state index in [1.807, 2.05) is 44.2 Å². The number of carboxylic acid groups (broad SMARTS) is 2. The van der Waals surface area contributed by atoms with Crippen molar-refractivity contribution in [2.24, 2.45) is 0 Å². The maximum absolute atomic E-state index is 13.9. The van der Waals surface area contributed by atoms with Gasteiger partial charge in [0.05, 0.1) is 17.7 Å². The van der Waals surface area contributed by atoms with E-state index in [2.05, 4.69) is 44.9 Å². The van der Waals surface area contributed by atoms with Gasteiger partial charge in [-0.25, -0.2) is 0 Å². The van der Waals surface area contributed by atoms with Crippen molar-refractivity contribution in [3.05, 3.63) is 164 Å². The molecule has 0 aliphatic heterocycles. The highest BCUT2D eigenvalue weighted by atomic mass is 16.5. The molecule has 66 heavy (non-hydrogen) atoms. The van der Waals surface area contributed by atoms with Crippen LogP contribution in [0.5, 0.6) is 17.6 Å². The van der Waals surface area contributed by atoms with E-state index >= 15 is 0 Å². The Labute approximate surface area is 382 Å². The number of hydrogen-bond donors (Lipinski definition) is 4. The molecule has 4 N–H and O–H groups in total. The number of benzene rings is 2. The Morgan fingerprint density at radius 1 is 0.667 bits per heavy atom. The Kier molecular flexibility index (Phi) is 17.1. The molecule has 0 amide bonds. The van der Waals surface area contributed by atoms with Crippen molar-refractivity contribution in [3.8, 4) is 40.9 Å². The van der Waals surface area contributed by atoms with E-state index in [1.54, 1.807) is 42.7 Å². The lowest BCUT2D eigenvalue weighted by Crippen LogP contribution is -2.29. The van der Waals surface area contributed by atoms with E-state index in [4.69, 9.17) is 29.4 Å². The molecule has 2 aromatic carbocycles. The van der Waals surface area contributed by atoms with Crippen LogP contribution in [0.4, 0.5) is 0 Å². The van der Waals surface area contributed by atoms with Gasteiger partial charge in [0.1, 0.15) is 32.0 Å². The van der Waals surface area contributed by atoms with E-state index in [-0.39, 0.29) is 51.3 Å². The second kappa shape index (κ2) is 23.7. The number of carboxylic acids is 2. The lowest BCUT2D eigenvalue weighted by molar-refractivity contribution is -0.138. The van der Waals surface area contributed by atoms with Crippen LogP contribution >= 0.6 is 0 Å². The molecule has 0 saturated heterocycles. The van der Waals surface area contributed by atoms with Crippen molar-refractivity contribution in [3.63, 3.8) is 0 Å². The molecule has 6 rings (SSSR count). The summed E-state index contributed by atoms with van der Waals surface area (Å²) in [6.07, 6.45) is 7.15. The minimum atomic E-state index is -0.878. The van der Waals surface area contributed by atoms with Gasteiger partial charge in [0.25, 0.3) is 5.56 Å². The third-order valence-electron chi connectivity index (χ3n) is 10.7. The Morgan fingerprint density at radius 2 is 1.23 bits per heavy atom. The topological polar surface area (TPSA) is 235 Å². The quantitative estimate of drug-likeness (QED) is 0.0460. The first-order valence-corrected chi connectivity index (χ1v) is 21.3. The minimum Gasteiger partial charge on any atom is -0.481 e. The predicted octanol–water partition coefficient (Wildman–Crippen LogP) is 6.75. The predicted molar refractivity (Wildman–Crippen MR) is 243 cm³/mol. The van der Waals surface area contributed by atoms with Gasteiger partial charge in [0, 0.05) is 73.5 Å². The van der Waals surface area contributed by atoms with Crippen LogP contribution in [0.25, 0.3) is 11.1 Å². The Hall–Kier alpha value is -7.92. The molecule has 16 nitrogen and oxygen atoms in total. The Morgan fingerprint density at radius 3 is 1.83 bits per heavy atom. The van der Waals surface area contributed by atoms with E-state index in [0.29, 0.717) is 77.9 Å². The van der Waals surface area contributed by atoms with Crippen LogP contribution in [0.1, 0.15) is 81.3 Å². The molecule has 0 radical (unpaired) electrons. The molecule has 0 aliphatic rings. The third-order valence-corrected chi connectivity index (χ3v) is 10.7. The Balaban J connectivity index is 1.18. The maximum atomic E-state index is 13.9. The van der Waals surface area contributed by atoms with E-state index in [9.17, 15) is 24.9 Å². The van der Waals surface area contributed by atoms with Crippen LogP contribution in [-0.2, 0) is 49.0 Å². The smallest absolute Gasteiger partial charge is 0.303 e. The summed E-state index contributed by atoms with van der Waals surface area (Å²) in [4.78, 5) is 48.7. The highest BCUT2D eigenvalue weighted by Gasteiger charge is 2.16. The van der Waals surface area contributed by atoms with Crippen molar-refractivity contribution in [2.75, 3.05) is 13.1 Å². The summed E-state index contributed by atoms with van der Waals surface area (Å²) in [5, 5.41) is 43.1. The summed E-state index contributed by atoms with van der Waals surface area (Å²) in [6.45, 7) is 6.25. The molecule has 0 unspecified atom stereocenters. The fraction of sp³-hybridized carbons (Fsp3) is 0.280. The second-order valence-electron chi connectivity index (χ2n) is 15.5. The number of hydrogen-bond acceptors (Lipinski definition) is 13. The van der Waals surface area contributed by atoms with E-state index in [1.165, 1.54) is 17.0 Å². The van der Waals surface area contributed by atoms with Crippen LogP contribution in [0.2, 0.25) is 0 Å². The molecule has 4 heterocycles. The largest absolute Gasteiger partial charge is 0.481 e. The summed E-state index contributed by atoms with van der Waals surface area (Å²) in [7, 11) is 0. The molecule has 0 atom stereocenters. The van der Waals surface area contributed by atoms with Crippen LogP contribution in [0, 0.1) is 36.5 Å². The van der Waals surface area contributed by atoms with Gasteiger partial charge in [0.15, 0.2) is 5.88 Å². The van der Waals surface area contributed by atoms with Crippen molar-refractivity contribution in [2.45, 2.75) is 79.0 Å². The second-order valence-corrected chi connectivity index (χ2v) is 15.5. The summed E-state index contributed by atoms with van der Waals surface area (Å²) >= 11 is 0. The van der Waals surface area contributed by atoms with Gasteiger partial charge in [-0.05, 0) is 109 Å². The average Bonchev–Trinajstić information content (AvgIpc) is 3.32. The fourth-order valence-corrected chi connectivity index (χ4v) is 7.15. The highest BCUT2D eigenvalue weighted by molar-refractivity contribution is 5.72. The number of nitrogens with zero attached hydrogens (tertiary/aromatic N) is 6. The molecule has 0 fully saturated rings. The highest BCUT2D eigenvalue weighted by Crippen LogP contribution is 2.32. The maximum Gasteiger partial charge on any atom is 0.303 e. The first-order valence-electron chi connectivity index (χ1n) is 21.3. The molecule has 4 aromatic heterocycles. The monoisotopic (exact) mass is 890 g/mol. The summed E-state index contributed by atoms with van der Waals surface area (Å²) in [5.74, 6) is -0.715. The number of aliphatic carboxylic acids is 2. The number of nitriles is 2. The van der Waals surface area contributed by atoms with Gasteiger partial charge in [-0.15, -0.1) is 0 Å². The normalized spacial score (nSPS) is 10.8. The number of ether oxygens (including phenoxy) is 3. The van der Waals surface area contributed by atoms with Crippen LogP contribution in [0.15, 0.2) is 102 Å². The van der Waals surface area contributed by atoms with E-state index < -0.39 is 11.9 Å². The molecule has 338 valence electrons. The van der Waals surface area contributed by atoms with Gasteiger partial charge < -0.3 is 35.1 Å². The summed E-state index contributed by atoms with van der Waals surface area (Å²) in [5.41, 5.74) is 8.95. The molecule has 0 aliphatic carbocycles. The van der Waals surface area contributed by atoms with Crippen LogP contribution in [0.3, 0.4) is 0 Å². The van der Waals surface area contributed by atoms with Crippen molar-refractivity contribution >= 4 is 11.9 Å². The molecule has 6 aromatic rings. The third kappa shape index (κ3) is 13.3. The molecular formula is C50H50N8O8. The summed E-state index contributed by atoms with van der Waals surface area (Å²) in [6, 6.07) is 26.7. The van der Waals surface area contributed by atoms with Crippen molar-refractivity contribution < 1.29 is 34.0 Å². The molecule has 0 bridgehead atoms. The van der Waals surface area contributed by atoms with Gasteiger partial charge in [-0.1, -0.05) is 36.4 Å². The number of rotatable bonds is 24. The van der Waals surface area contributed by atoms with Gasteiger partial charge in [-0.2, -0.15) is 15.5 Å². The lowest BCUT2D eigenvalue weighted by atomic mass is 9.92. The van der Waals surface area contributed by atoms with Crippen molar-refractivity contribution in [1.29, 1.82) is 10.5 Å². The molecule has 0 saturated carbocycles. The zero-order chi connectivity index (χ0) is 46.8. The zero-order valence-electron chi connectivity index (χ0n) is 36.8. The minimum absolute atomic E-state index is 0.0272. The number of carbonyl (C=O) groups is 2. The fourth-order valence-electron chi connectivity index (χ4n) is 7.15. The van der Waals surface area contributed by atoms with Crippen LogP contribution in [-0.4, -0.2) is 54.8 Å². The number of pyridine rings is 4. The van der Waals surface area contributed by atoms with Gasteiger partial charge in [-0.3, -0.25) is 28.9 Å². The lowest BCUT2D eigenvalue weighted by Gasteiger charge is -2.19. The standard InChI is InChI=1S/C50H50N8O8/c1-33-41(31-64-45-15-13-39(27-53-17-5-11-47(59)60)49(57-45)66-30-38-20-36(22-52)24-56-26-38)7-3-9-43(33)44-10-4-8-42(34(44)2)32-65-46-16-14-40(28-54-18-6-12-48(61)62)50(63)58(46)29-37-19-35(21-51)23-55-25-37/h3-4,7-10,13-16,19-20,23-26,53-54H,5-6,11-12,17-18,27-32H2,1-2H3,(H,59,60)(H,61,62). The zero-order valence-corrected chi connectivity index (χ0v) is 36.8. The van der Waals surface area contributed by atoms with E-state index in [0.717, 1.165) is 38.9 Å². The van der Waals surface area contributed by atoms with Crippen molar-refractivity contribution in [1.82, 2.24) is 30.2 Å². The SMILES string of the molecule is Cc1c(COc2ccc(CNCCCC(=O)O)c(OCc3cncc(C#N)c3)n2)cccc1-c1cccc(COc2ccc(CNCCCC(=O)O)c(=O)n2Cc2cncc(C#N)c2)c1C. The Bertz CT molecular complexity index is 2810. The van der Waals surface area contributed by atoms with Gasteiger partial charge in [0.2, 0.25) is 11.8 Å². The van der Waals surface area contributed by atoms with Gasteiger partial charge >= 0.3 is 11.9 Å². The summed E-state index contributed by atoms with van der Waals surface area (Å²) < 4.78 is 20.3. The number of nitrogens with one attached hydrogen (secondary N) is 2. The first kappa shape index (κ1) is 47.6. The molecule has 0 spiro atoms. The average molecular weight is 891 g/mol.